The highest BCUT2D eigenvalue weighted by molar-refractivity contribution is 6.11. The Hall–Kier alpha value is -2.02. The van der Waals surface area contributed by atoms with Gasteiger partial charge in [0.25, 0.3) is 0 Å². The largest absolute Gasteiger partial charge is 0.398 e. The lowest BCUT2D eigenvalue weighted by Gasteiger charge is -2.01. The second kappa shape index (κ2) is 4.87. The monoisotopic (exact) mass is 189 g/mol. The topological polar surface area (TPSA) is 57.4 Å². The van der Waals surface area contributed by atoms with Gasteiger partial charge in [-0.25, -0.2) is 0 Å². The van der Waals surface area contributed by atoms with Crippen LogP contribution < -0.4 is 5.32 Å². The second-order valence-electron chi connectivity index (χ2n) is 2.57. The van der Waals surface area contributed by atoms with E-state index in [2.05, 4.69) is 15.3 Å². The van der Waals surface area contributed by atoms with E-state index >= 15 is 0 Å². The maximum Gasteiger partial charge on any atom is 0.186 e. The Morgan fingerprint density at radius 3 is 2.93 bits per heavy atom. The quantitative estimate of drug-likeness (QED) is 0.580. The van der Waals surface area contributed by atoms with Gasteiger partial charge in [-0.05, 0) is 12.1 Å². The normalized spacial score (nSPS) is 10.5. The van der Waals surface area contributed by atoms with Crippen LogP contribution in [-0.4, -0.2) is 19.9 Å². The zero-order valence-corrected chi connectivity index (χ0v) is 8.11. The number of nitrogens with one attached hydrogen (secondary N) is 1. The molecule has 14 heavy (non-hydrogen) atoms. The minimum absolute atomic E-state index is 0.268. The lowest BCUT2D eigenvalue weighted by Crippen LogP contribution is -1.99. The van der Waals surface area contributed by atoms with Gasteiger partial charge in [-0.2, -0.15) is 5.26 Å². The molecule has 0 aliphatic heterocycles. The van der Waals surface area contributed by atoms with Crippen molar-refractivity contribution in [3.05, 3.63) is 29.8 Å². The number of hydrogen-bond donors (Lipinski definition) is 1. The molecule has 1 N–H and O–H groups in total. The molecule has 0 atom stereocenters. The molecule has 1 rings (SSSR count). The van der Waals surface area contributed by atoms with Crippen molar-refractivity contribution >= 4 is 11.4 Å². The van der Waals surface area contributed by atoms with E-state index in [0.29, 0.717) is 0 Å². The van der Waals surface area contributed by atoms with Crippen molar-refractivity contribution in [3.63, 3.8) is 0 Å². The summed E-state index contributed by atoms with van der Waals surface area (Å²) in [5, 5.41) is 15.4. The van der Waals surface area contributed by atoms with Gasteiger partial charge >= 0.3 is 0 Å². The van der Waals surface area contributed by atoms with Crippen LogP contribution in [0.4, 0.5) is 5.69 Å². The van der Waals surface area contributed by atoms with Crippen molar-refractivity contribution in [2.45, 2.75) is 0 Å². The van der Waals surface area contributed by atoms with Gasteiger partial charge in [0, 0.05) is 18.3 Å². The fourth-order valence-electron chi connectivity index (χ4n) is 1.05. The van der Waals surface area contributed by atoms with Gasteiger partial charge in [0.05, 0.1) is 0 Å². The molecule has 0 saturated carbocycles. The van der Waals surface area contributed by atoms with E-state index in [1.54, 1.807) is 0 Å². The molecule has 0 spiro atoms. The van der Waals surface area contributed by atoms with E-state index in [4.69, 9.17) is 5.26 Å². The smallest absolute Gasteiger partial charge is 0.186 e. The van der Waals surface area contributed by atoms with Crippen LogP contribution in [-0.2, 0) is 4.84 Å². The highest BCUT2D eigenvalue weighted by Crippen LogP contribution is 2.10. The zero-order chi connectivity index (χ0) is 10.4. The van der Waals surface area contributed by atoms with E-state index < -0.39 is 0 Å². The van der Waals surface area contributed by atoms with E-state index in [-0.39, 0.29) is 5.71 Å². The summed E-state index contributed by atoms with van der Waals surface area (Å²) in [5.41, 5.74) is 1.94. The molecule has 0 amide bonds. The minimum atomic E-state index is 0.268. The van der Waals surface area contributed by atoms with Gasteiger partial charge in [0.2, 0.25) is 0 Å². The van der Waals surface area contributed by atoms with Crippen LogP contribution in [0.25, 0.3) is 0 Å². The summed E-state index contributed by atoms with van der Waals surface area (Å²) in [6.45, 7) is 0. The highest BCUT2D eigenvalue weighted by Gasteiger charge is 2.03. The van der Waals surface area contributed by atoms with Gasteiger partial charge < -0.3 is 10.2 Å². The van der Waals surface area contributed by atoms with Crippen LogP contribution in [0.3, 0.4) is 0 Å². The first kappa shape index (κ1) is 10.1. The van der Waals surface area contributed by atoms with Crippen LogP contribution in [0, 0.1) is 11.3 Å². The van der Waals surface area contributed by atoms with Crippen LogP contribution in [0.2, 0.25) is 0 Å². The van der Waals surface area contributed by atoms with E-state index in [9.17, 15) is 0 Å². The molecule has 0 aliphatic rings. The van der Waals surface area contributed by atoms with Crippen molar-refractivity contribution in [1.82, 2.24) is 0 Å². The molecule has 4 nitrogen and oxygen atoms in total. The van der Waals surface area contributed by atoms with Crippen LogP contribution in [0.5, 0.6) is 0 Å². The maximum atomic E-state index is 8.79. The Labute approximate surface area is 82.8 Å². The van der Waals surface area contributed by atoms with Crippen LogP contribution >= 0.6 is 0 Å². The Balaban J connectivity index is 3.06. The molecule has 0 aromatic heterocycles. The van der Waals surface area contributed by atoms with Crippen molar-refractivity contribution in [3.8, 4) is 6.07 Å². The summed E-state index contributed by atoms with van der Waals surface area (Å²) < 4.78 is 0. The van der Waals surface area contributed by atoms with Gasteiger partial charge in [-0.15, -0.1) is 0 Å². The predicted molar refractivity (Wildman–Crippen MR) is 55.1 cm³/mol. The van der Waals surface area contributed by atoms with Crippen molar-refractivity contribution < 1.29 is 4.84 Å². The molecule has 0 bridgehead atoms. The van der Waals surface area contributed by atoms with E-state index in [1.807, 2.05) is 37.4 Å². The van der Waals surface area contributed by atoms with Gasteiger partial charge in [0.15, 0.2) is 5.71 Å². The minimum Gasteiger partial charge on any atom is -0.398 e. The van der Waals surface area contributed by atoms with Gasteiger partial charge in [-0.3, -0.25) is 0 Å². The number of hydrogen-bond acceptors (Lipinski definition) is 4. The number of benzene rings is 1. The summed E-state index contributed by atoms with van der Waals surface area (Å²) in [7, 11) is 3.23. The van der Waals surface area contributed by atoms with E-state index in [1.165, 1.54) is 7.11 Å². The molecule has 0 radical (unpaired) electrons. The fraction of sp³-hybridized carbons (Fsp3) is 0.200. The van der Waals surface area contributed by atoms with Crippen LogP contribution in [0.1, 0.15) is 5.56 Å². The Morgan fingerprint density at radius 2 is 2.36 bits per heavy atom. The van der Waals surface area contributed by atoms with Crippen molar-refractivity contribution in [1.29, 1.82) is 5.26 Å². The molecular weight excluding hydrogens is 178 g/mol. The molecule has 0 fully saturated rings. The predicted octanol–water partition coefficient (Wildman–Crippen LogP) is 1.60. The zero-order valence-electron chi connectivity index (χ0n) is 8.11. The lowest BCUT2D eigenvalue weighted by atomic mass is 10.1. The number of rotatable bonds is 3. The van der Waals surface area contributed by atoms with Gasteiger partial charge in [0.1, 0.15) is 13.2 Å². The molecule has 1 aromatic rings. The summed E-state index contributed by atoms with van der Waals surface area (Å²) in [4.78, 5) is 4.57. The standard InChI is InChI=1S/C10H11N3O/c1-12-9-5-3-4-8(6-9)10(7-11)13-14-2/h3-6,12H,1-2H3. The molecule has 4 heteroatoms. The third-order valence-electron chi connectivity index (χ3n) is 1.71. The third-order valence-corrected chi connectivity index (χ3v) is 1.71. The number of oxime groups is 1. The molecular formula is C10H11N3O. The first-order valence-corrected chi connectivity index (χ1v) is 4.11. The summed E-state index contributed by atoms with van der Waals surface area (Å²) in [6, 6.07) is 9.37. The summed E-state index contributed by atoms with van der Waals surface area (Å²) in [5.74, 6) is 0. The third kappa shape index (κ3) is 2.23. The molecule has 72 valence electrons. The molecule has 0 saturated heterocycles. The molecule has 0 heterocycles. The van der Waals surface area contributed by atoms with E-state index in [0.717, 1.165) is 11.3 Å². The van der Waals surface area contributed by atoms with Crippen molar-refractivity contribution in [2.75, 3.05) is 19.5 Å². The average Bonchev–Trinajstić information content (AvgIpc) is 2.26. The summed E-state index contributed by atoms with van der Waals surface area (Å²) in [6.07, 6.45) is 0. The first-order valence-electron chi connectivity index (χ1n) is 4.11. The average molecular weight is 189 g/mol. The lowest BCUT2D eigenvalue weighted by molar-refractivity contribution is 0.214. The highest BCUT2D eigenvalue weighted by atomic mass is 16.6. The second-order valence-corrected chi connectivity index (χ2v) is 2.57. The number of nitrogens with zero attached hydrogens (tertiary/aromatic N) is 2. The fourth-order valence-corrected chi connectivity index (χ4v) is 1.05. The van der Waals surface area contributed by atoms with Crippen LogP contribution in [0.15, 0.2) is 29.4 Å². The SMILES string of the molecule is CNc1cccc(C(C#N)=NOC)c1. The molecule has 1 aromatic carbocycles. The Kier molecular flexibility index (Phi) is 3.50. The molecule has 0 aliphatic carbocycles. The Morgan fingerprint density at radius 1 is 1.57 bits per heavy atom. The van der Waals surface area contributed by atoms with Crippen molar-refractivity contribution in [2.24, 2.45) is 5.16 Å². The number of nitriles is 1. The summed E-state index contributed by atoms with van der Waals surface area (Å²) >= 11 is 0. The maximum absolute atomic E-state index is 8.79. The molecule has 0 unspecified atom stereocenters. The first-order chi connectivity index (χ1) is 6.81. The number of anilines is 1. The Bertz CT molecular complexity index is 379. The van der Waals surface area contributed by atoms with Gasteiger partial charge in [-0.1, -0.05) is 17.3 Å².